The molecule has 0 saturated carbocycles. The molecule has 0 aliphatic carbocycles. The summed E-state index contributed by atoms with van der Waals surface area (Å²) in [7, 11) is 1.60. The van der Waals surface area contributed by atoms with Crippen LogP contribution in [-0.2, 0) is 13.0 Å². The Bertz CT molecular complexity index is 1170. The molecule has 0 spiro atoms. The molecule has 1 heterocycles. The summed E-state index contributed by atoms with van der Waals surface area (Å²) in [5.74, 6) is 0.725. The van der Waals surface area contributed by atoms with Crippen LogP contribution in [0.4, 0.5) is 10.5 Å². The van der Waals surface area contributed by atoms with Crippen LogP contribution in [0.1, 0.15) is 16.8 Å². The second-order valence-electron chi connectivity index (χ2n) is 6.67. The van der Waals surface area contributed by atoms with E-state index in [2.05, 4.69) is 5.32 Å². The number of nitrogens with one attached hydrogen (secondary N) is 1. The van der Waals surface area contributed by atoms with E-state index < -0.39 is 6.09 Å². The van der Waals surface area contributed by atoms with Crippen molar-refractivity contribution in [2.24, 2.45) is 0 Å². The first-order chi connectivity index (χ1) is 14.9. The number of carboxylic acid groups (broad SMARTS) is 1. The van der Waals surface area contributed by atoms with Gasteiger partial charge in [-0.2, -0.15) is 0 Å². The summed E-state index contributed by atoms with van der Waals surface area (Å²) in [6.07, 6.45) is 3.03. The van der Waals surface area contributed by atoms with Crippen molar-refractivity contribution < 1.29 is 14.6 Å². The Kier molecular flexibility index (Phi) is 7.39. The minimum atomic E-state index is -1.12. The topological polar surface area (TPSA) is 80.6 Å². The van der Waals surface area contributed by atoms with Crippen LogP contribution in [-0.4, -0.2) is 22.9 Å². The highest BCUT2D eigenvalue weighted by atomic mass is 35.5. The number of hydrogen-bond donors (Lipinski definition) is 2. The van der Waals surface area contributed by atoms with Crippen molar-refractivity contribution >= 4 is 47.1 Å². The maximum Gasteiger partial charge on any atom is 0.409 e. The lowest BCUT2D eigenvalue weighted by atomic mass is 10.1. The Morgan fingerprint density at radius 2 is 1.84 bits per heavy atom. The van der Waals surface area contributed by atoms with Crippen LogP contribution in [0, 0.1) is 0 Å². The second kappa shape index (κ2) is 10.2. The monoisotopic (exact) mass is 458 g/mol. The summed E-state index contributed by atoms with van der Waals surface area (Å²) >= 11 is 12.5. The molecule has 0 aliphatic heterocycles. The Balaban J connectivity index is 1.86. The van der Waals surface area contributed by atoms with Gasteiger partial charge >= 0.3 is 6.09 Å². The summed E-state index contributed by atoms with van der Waals surface area (Å²) in [6.45, 7) is 0.350. The van der Waals surface area contributed by atoms with Gasteiger partial charge in [-0.3, -0.25) is 10.1 Å². The van der Waals surface area contributed by atoms with Crippen LogP contribution in [0.5, 0.6) is 5.75 Å². The number of methoxy groups -OCH3 is 1. The molecule has 0 aliphatic rings. The lowest BCUT2D eigenvalue weighted by molar-refractivity contribution is 0.209. The Labute approximate surface area is 189 Å². The maximum absolute atomic E-state index is 12.7. The van der Waals surface area contributed by atoms with Gasteiger partial charge in [-0.15, -0.1) is 0 Å². The molecule has 0 unspecified atom stereocenters. The zero-order chi connectivity index (χ0) is 22.4. The SMILES string of the molecule is COc1cccc(/C=C/c2c(Cl)cc(Cl)c(=O)n2CCc2ccc(NC(=O)O)cc2)c1. The van der Waals surface area contributed by atoms with Crippen LogP contribution in [0.2, 0.25) is 10.0 Å². The molecule has 8 heteroatoms. The Morgan fingerprint density at radius 3 is 2.52 bits per heavy atom. The van der Waals surface area contributed by atoms with Crippen LogP contribution < -0.4 is 15.6 Å². The largest absolute Gasteiger partial charge is 0.497 e. The molecule has 0 fully saturated rings. The Morgan fingerprint density at radius 1 is 1.10 bits per heavy atom. The van der Waals surface area contributed by atoms with Crippen molar-refractivity contribution in [3.8, 4) is 5.75 Å². The third-order valence-electron chi connectivity index (χ3n) is 4.60. The molecule has 2 aromatic carbocycles. The molecule has 0 radical (unpaired) electrons. The van der Waals surface area contributed by atoms with Gasteiger partial charge in [-0.1, -0.05) is 53.5 Å². The number of carbonyl (C=O) groups is 1. The number of pyridine rings is 1. The quantitative estimate of drug-likeness (QED) is 0.477. The number of hydrogen-bond acceptors (Lipinski definition) is 3. The molecule has 0 atom stereocenters. The number of amides is 1. The summed E-state index contributed by atoms with van der Waals surface area (Å²) in [5.41, 5.74) is 2.51. The van der Waals surface area contributed by atoms with Crippen molar-refractivity contribution in [2.75, 3.05) is 12.4 Å². The maximum atomic E-state index is 12.7. The predicted molar refractivity (Wildman–Crippen MR) is 124 cm³/mol. The second-order valence-corrected chi connectivity index (χ2v) is 7.48. The van der Waals surface area contributed by atoms with E-state index in [-0.39, 0.29) is 10.6 Å². The van der Waals surface area contributed by atoms with Gasteiger partial charge in [0.05, 0.1) is 17.8 Å². The molecule has 0 bridgehead atoms. The number of anilines is 1. The van der Waals surface area contributed by atoms with Gasteiger partial charge < -0.3 is 14.4 Å². The summed E-state index contributed by atoms with van der Waals surface area (Å²) in [4.78, 5) is 23.4. The lowest BCUT2D eigenvalue weighted by Gasteiger charge is -2.13. The van der Waals surface area contributed by atoms with Crippen LogP contribution >= 0.6 is 23.2 Å². The van der Waals surface area contributed by atoms with Crippen molar-refractivity contribution in [3.63, 3.8) is 0 Å². The number of rotatable bonds is 7. The number of ether oxygens (including phenoxy) is 1. The van der Waals surface area contributed by atoms with E-state index in [4.69, 9.17) is 33.0 Å². The summed E-state index contributed by atoms with van der Waals surface area (Å²) in [6, 6.07) is 15.9. The van der Waals surface area contributed by atoms with Gasteiger partial charge in [0, 0.05) is 12.2 Å². The molecule has 2 N–H and O–H groups in total. The third-order valence-corrected chi connectivity index (χ3v) is 5.17. The normalized spacial score (nSPS) is 10.9. The summed E-state index contributed by atoms with van der Waals surface area (Å²) < 4.78 is 6.77. The summed E-state index contributed by atoms with van der Waals surface area (Å²) in [5, 5.41) is 11.5. The average Bonchev–Trinajstić information content (AvgIpc) is 2.75. The predicted octanol–water partition coefficient (Wildman–Crippen LogP) is 5.67. The molecule has 3 rings (SSSR count). The first-order valence-electron chi connectivity index (χ1n) is 9.37. The van der Waals surface area contributed by atoms with Crippen molar-refractivity contribution in [3.05, 3.63) is 91.8 Å². The van der Waals surface area contributed by atoms with E-state index in [1.54, 1.807) is 37.5 Å². The zero-order valence-corrected chi connectivity index (χ0v) is 18.2. The fourth-order valence-corrected chi connectivity index (χ4v) is 3.59. The van der Waals surface area contributed by atoms with E-state index in [1.165, 1.54) is 10.6 Å². The van der Waals surface area contributed by atoms with E-state index in [1.807, 2.05) is 30.3 Å². The molecular weight excluding hydrogens is 439 g/mol. The fraction of sp³-hybridized carbons (Fsp3) is 0.130. The van der Waals surface area contributed by atoms with Crippen LogP contribution in [0.25, 0.3) is 12.2 Å². The molecule has 3 aromatic rings. The number of halogens is 2. The third kappa shape index (κ3) is 5.90. The van der Waals surface area contributed by atoms with Gasteiger partial charge in [0.15, 0.2) is 0 Å². The van der Waals surface area contributed by atoms with Crippen molar-refractivity contribution in [1.29, 1.82) is 0 Å². The number of aromatic nitrogens is 1. The van der Waals surface area contributed by atoms with E-state index in [9.17, 15) is 9.59 Å². The van der Waals surface area contributed by atoms with Gasteiger partial charge in [-0.25, -0.2) is 4.79 Å². The lowest BCUT2D eigenvalue weighted by Crippen LogP contribution is -2.24. The molecule has 160 valence electrons. The number of benzene rings is 2. The van der Waals surface area contributed by atoms with Gasteiger partial charge in [0.25, 0.3) is 5.56 Å². The van der Waals surface area contributed by atoms with E-state index >= 15 is 0 Å². The van der Waals surface area contributed by atoms with Gasteiger partial charge in [-0.05, 0) is 54.0 Å². The zero-order valence-electron chi connectivity index (χ0n) is 16.6. The van der Waals surface area contributed by atoms with Gasteiger partial charge in [0.2, 0.25) is 0 Å². The standard InChI is InChI=1S/C23H20Cl2N2O4/c1-31-18-4-2-3-16(13-18)7-10-21-19(24)14-20(25)22(28)27(21)12-11-15-5-8-17(9-6-15)26-23(29)30/h2-10,13-14,26H,11-12H2,1H3,(H,29,30)/b10-7+. The minimum absolute atomic E-state index is 0.0459. The molecule has 6 nitrogen and oxygen atoms in total. The molecular formula is C23H20Cl2N2O4. The van der Waals surface area contributed by atoms with Crippen molar-refractivity contribution in [2.45, 2.75) is 13.0 Å². The van der Waals surface area contributed by atoms with E-state index in [0.29, 0.717) is 29.4 Å². The molecule has 1 amide bonds. The van der Waals surface area contributed by atoms with Crippen LogP contribution in [0.3, 0.4) is 0 Å². The minimum Gasteiger partial charge on any atom is -0.497 e. The van der Waals surface area contributed by atoms with Gasteiger partial charge in [0.1, 0.15) is 10.8 Å². The first kappa shape index (κ1) is 22.5. The number of aryl methyl sites for hydroxylation is 1. The number of nitrogens with zero attached hydrogens (tertiary/aromatic N) is 1. The van der Waals surface area contributed by atoms with Crippen molar-refractivity contribution in [1.82, 2.24) is 4.57 Å². The first-order valence-corrected chi connectivity index (χ1v) is 10.1. The fourth-order valence-electron chi connectivity index (χ4n) is 3.05. The smallest absolute Gasteiger partial charge is 0.409 e. The molecule has 0 saturated heterocycles. The molecule has 1 aromatic heterocycles. The average molecular weight is 459 g/mol. The Hall–Kier alpha value is -3.22. The highest BCUT2D eigenvalue weighted by Gasteiger charge is 2.11. The highest BCUT2D eigenvalue weighted by Crippen LogP contribution is 2.22. The van der Waals surface area contributed by atoms with Crippen LogP contribution in [0.15, 0.2) is 59.4 Å². The molecule has 31 heavy (non-hydrogen) atoms. The van der Waals surface area contributed by atoms with E-state index in [0.717, 1.165) is 16.9 Å². The highest BCUT2D eigenvalue weighted by molar-refractivity contribution is 6.35.